The Labute approximate surface area is 132 Å². The summed E-state index contributed by atoms with van der Waals surface area (Å²) in [5.41, 5.74) is 0.252. The zero-order valence-electron chi connectivity index (χ0n) is 11.4. The van der Waals surface area contributed by atoms with Crippen LogP contribution in [0.2, 0.25) is 10.0 Å². The fourth-order valence-electron chi connectivity index (χ4n) is 2.14. The average Bonchev–Trinajstić information content (AvgIpc) is 2.46. The quantitative estimate of drug-likeness (QED) is 0.626. The van der Waals surface area contributed by atoms with Gasteiger partial charge in [-0.15, -0.1) is 0 Å². The first-order valence-electron chi connectivity index (χ1n) is 6.50. The molecule has 0 N–H and O–H groups in total. The third-order valence-electron chi connectivity index (χ3n) is 3.34. The Morgan fingerprint density at radius 2 is 1.76 bits per heavy atom. The molecule has 2 rings (SSSR count). The van der Waals surface area contributed by atoms with Gasteiger partial charge in [-0.25, -0.2) is 0 Å². The summed E-state index contributed by atoms with van der Waals surface area (Å²) in [6.45, 7) is 2.87. The zero-order valence-corrected chi connectivity index (χ0v) is 12.9. The normalized spacial score (nSPS) is 15.6. The number of hydrogen-bond acceptors (Lipinski definition) is 3. The van der Waals surface area contributed by atoms with Crippen LogP contribution < -0.4 is 0 Å². The zero-order chi connectivity index (χ0) is 15.6. The number of carbonyl (C=O) groups is 3. The van der Waals surface area contributed by atoms with Crippen LogP contribution in [0.25, 0.3) is 0 Å². The van der Waals surface area contributed by atoms with Crippen molar-refractivity contribution >= 4 is 40.8 Å². The number of piperazine rings is 1. The summed E-state index contributed by atoms with van der Waals surface area (Å²) < 4.78 is 0. The molecule has 0 atom stereocenters. The van der Waals surface area contributed by atoms with Crippen LogP contribution >= 0.6 is 23.2 Å². The van der Waals surface area contributed by atoms with Gasteiger partial charge in [-0.2, -0.15) is 0 Å². The molecule has 21 heavy (non-hydrogen) atoms. The molecule has 1 aliphatic rings. The van der Waals surface area contributed by atoms with Crippen LogP contribution in [0.5, 0.6) is 0 Å². The lowest BCUT2D eigenvalue weighted by molar-refractivity contribution is -0.155. The van der Waals surface area contributed by atoms with Crippen molar-refractivity contribution in [1.29, 1.82) is 0 Å². The Hall–Kier alpha value is -1.59. The smallest absolute Gasteiger partial charge is 0.312 e. The number of amides is 2. The maximum Gasteiger partial charge on any atom is 0.312 e. The maximum absolute atomic E-state index is 12.2. The standard InChI is InChI=1S/C14H14Cl2N2O3/c1-2-17-5-6-18(14(21)13(17)20)8-12(19)10-7-9(15)3-4-11(10)16/h3-4,7H,2,5-6,8H2,1H3. The summed E-state index contributed by atoms with van der Waals surface area (Å²) in [6, 6.07) is 4.56. The molecular formula is C14H14Cl2N2O3. The number of ketones is 1. The van der Waals surface area contributed by atoms with E-state index < -0.39 is 11.8 Å². The van der Waals surface area contributed by atoms with E-state index in [1.54, 1.807) is 13.0 Å². The fourth-order valence-corrected chi connectivity index (χ4v) is 2.53. The van der Waals surface area contributed by atoms with Gasteiger partial charge in [0.2, 0.25) is 0 Å². The molecule has 0 aromatic heterocycles. The fraction of sp³-hybridized carbons (Fsp3) is 0.357. The molecule has 1 aliphatic heterocycles. The Balaban J connectivity index is 2.11. The Bertz CT molecular complexity index is 604. The van der Waals surface area contributed by atoms with E-state index in [1.165, 1.54) is 21.9 Å². The van der Waals surface area contributed by atoms with Gasteiger partial charge in [-0.3, -0.25) is 14.4 Å². The van der Waals surface area contributed by atoms with E-state index in [-0.39, 0.29) is 22.9 Å². The van der Waals surface area contributed by atoms with Crippen molar-refractivity contribution in [2.75, 3.05) is 26.2 Å². The number of hydrogen-bond donors (Lipinski definition) is 0. The molecule has 0 saturated carbocycles. The van der Waals surface area contributed by atoms with E-state index in [2.05, 4.69) is 0 Å². The summed E-state index contributed by atoms with van der Waals surface area (Å²) in [7, 11) is 0. The van der Waals surface area contributed by atoms with Gasteiger partial charge in [0.25, 0.3) is 0 Å². The summed E-state index contributed by atoms with van der Waals surface area (Å²) in [6.07, 6.45) is 0. The second kappa shape index (κ2) is 6.45. The van der Waals surface area contributed by atoms with Crippen LogP contribution in [0.3, 0.4) is 0 Å². The minimum Gasteiger partial charge on any atom is -0.333 e. The molecule has 0 radical (unpaired) electrons. The number of rotatable bonds is 4. The molecule has 1 aromatic carbocycles. The second-order valence-corrected chi connectivity index (χ2v) is 5.50. The van der Waals surface area contributed by atoms with Crippen LogP contribution in [0.1, 0.15) is 17.3 Å². The summed E-state index contributed by atoms with van der Waals surface area (Å²) >= 11 is 11.8. The van der Waals surface area contributed by atoms with Gasteiger partial charge >= 0.3 is 11.8 Å². The SMILES string of the molecule is CCN1CCN(CC(=O)c2cc(Cl)ccc2Cl)C(=O)C1=O. The van der Waals surface area contributed by atoms with Gasteiger partial charge in [-0.05, 0) is 25.1 Å². The number of halogens is 2. The molecule has 1 saturated heterocycles. The number of benzene rings is 1. The molecule has 0 spiro atoms. The molecular weight excluding hydrogens is 315 g/mol. The largest absolute Gasteiger partial charge is 0.333 e. The topological polar surface area (TPSA) is 57.7 Å². The minimum atomic E-state index is -0.658. The Kier molecular flexibility index (Phi) is 4.85. The van der Waals surface area contributed by atoms with Gasteiger partial charge in [0.1, 0.15) is 0 Å². The highest BCUT2D eigenvalue weighted by molar-refractivity contribution is 6.37. The highest BCUT2D eigenvalue weighted by Crippen LogP contribution is 2.21. The van der Waals surface area contributed by atoms with Gasteiger partial charge < -0.3 is 9.80 Å². The van der Waals surface area contributed by atoms with Gasteiger partial charge in [0.15, 0.2) is 5.78 Å². The first kappa shape index (κ1) is 15.8. The van der Waals surface area contributed by atoms with Crippen LogP contribution in [-0.2, 0) is 9.59 Å². The minimum absolute atomic E-state index is 0.178. The van der Waals surface area contributed by atoms with Gasteiger partial charge in [0.05, 0.1) is 11.6 Å². The van der Waals surface area contributed by atoms with E-state index in [0.29, 0.717) is 24.7 Å². The van der Waals surface area contributed by atoms with Crippen molar-refractivity contribution in [3.05, 3.63) is 33.8 Å². The molecule has 5 nitrogen and oxygen atoms in total. The van der Waals surface area contributed by atoms with E-state index in [4.69, 9.17) is 23.2 Å². The maximum atomic E-state index is 12.2. The lowest BCUT2D eigenvalue weighted by Crippen LogP contribution is -2.55. The van der Waals surface area contributed by atoms with Crippen molar-refractivity contribution < 1.29 is 14.4 Å². The highest BCUT2D eigenvalue weighted by atomic mass is 35.5. The lowest BCUT2D eigenvalue weighted by atomic mass is 10.1. The number of Topliss-reactive ketones (excluding diaryl/α,β-unsaturated/α-hetero) is 1. The van der Waals surface area contributed by atoms with Crippen LogP contribution in [0, 0.1) is 0 Å². The van der Waals surface area contributed by atoms with Crippen molar-refractivity contribution in [2.24, 2.45) is 0 Å². The molecule has 2 amide bonds. The molecule has 112 valence electrons. The first-order chi connectivity index (χ1) is 9.93. The average molecular weight is 329 g/mol. The second-order valence-electron chi connectivity index (χ2n) is 4.66. The Morgan fingerprint density at radius 1 is 1.14 bits per heavy atom. The third kappa shape index (κ3) is 3.36. The number of carbonyl (C=O) groups excluding carboxylic acids is 3. The summed E-state index contributed by atoms with van der Waals surface area (Å²) in [4.78, 5) is 38.6. The predicted molar refractivity (Wildman–Crippen MR) is 79.6 cm³/mol. The van der Waals surface area contributed by atoms with E-state index in [1.807, 2.05) is 0 Å². The van der Waals surface area contributed by atoms with E-state index >= 15 is 0 Å². The molecule has 0 aliphatic carbocycles. The lowest BCUT2D eigenvalue weighted by Gasteiger charge is -2.32. The van der Waals surface area contributed by atoms with Gasteiger partial charge in [-0.1, -0.05) is 23.2 Å². The number of nitrogens with zero attached hydrogens (tertiary/aromatic N) is 2. The molecule has 7 heteroatoms. The monoisotopic (exact) mass is 328 g/mol. The van der Waals surface area contributed by atoms with Crippen molar-refractivity contribution in [2.45, 2.75) is 6.92 Å². The van der Waals surface area contributed by atoms with Crippen molar-refractivity contribution in [1.82, 2.24) is 9.80 Å². The highest BCUT2D eigenvalue weighted by Gasteiger charge is 2.32. The van der Waals surface area contributed by atoms with Gasteiger partial charge in [0, 0.05) is 30.2 Å². The van der Waals surface area contributed by atoms with E-state index in [9.17, 15) is 14.4 Å². The van der Waals surface area contributed by atoms with Crippen LogP contribution in [0.15, 0.2) is 18.2 Å². The summed E-state index contributed by atoms with van der Waals surface area (Å²) in [5.74, 6) is -1.57. The predicted octanol–water partition coefficient (Wildman–Crippen LogP) is 1.87. The third-order valence-corrected chi connectivity index (χ3v) is 3.91. The first-order valence-corrected chi connectivity index (χ1v) is 7.26. The van der Waals surface area contributed by atoms with Crippen molar-refractivity contribution in [3.63, 3.8) is 0 Å². The van der Waals surface area contributed by atoms with Crippen LogP contribution in [0.4, 0.5) is 0 Å². The van der Waals surface area contributed by atoms with E-state index in [0.717, 1.165) is 0 Å². The molecule has 0 bridgehead atoms. The van der Waals surface area contributed by atoms with Crippen molar-refractivity contribution in [3.8, 4) is 0 Å². The molecule has 1 fully saturated rings. The van der Waals surface area contributed by atoms with Crippen LogP contribution in [-0.4, -0.2) is 53.6 Å². The Morgan fingerprint density at radius 3 is 2.43 bits per heavy atom. The summed E-state index contributed by atoms with van der Waals surface area (Å²) in [5, 5.41) is 0.663. The number of likely N-dealkylation sites (N-methyl/N-ethyl adjacent to an activating group) is 1. The molecule has 0 unspecified atom stereocenters. The molecule has 1 heterocycles. The molecule has 1 aromatic rings.